The van der Waals surface area contributed by atoms with Crippen LogP contribution in [0.3, 0.4) is 0 Å². The Balaban J connectivity index is 2.74. The number of benzene rings is 1. The highest BCUT2D eigenvalue weighted by molar-refractivity contribution is 7.42. The van der Waals surface area contributed by atoms with Gasteiger partial charge in [0.1, 0.15) is 5.75 Å². The summed E-state index contributed by atoms with van der Waals surface area (Å²) in [6.45, 7) is 5.26. The summed E-state index contributed by atoms with van der Waals surface area (Å²) in [5.74, 6) is -0.0594. The van der Waals surface area contributed by atoms with Crippen molar-refractivity contribution >= 4 is 13.9 Å². The van der Waals surface area contributed by atoms with Crippen molar-refractivity contribution in [1.82, 2.24) is 5.09 Å². The molecule has 1 rings (SSSR count). The predicted molar refractivity (Wildman–Crippen MR) is 73.4 cm³/mol. The first-order valence-electron chi connectivity index (χ1n) is 6.16. The lowest BCUT2D eigenvalue weighted by atomic mass is 10.3. The third-order valence-corrected chi connectivity index (χ3v) is 3.21. The van der Waals surface area contributed by atoms with Gasteiger partial charge < -0.3 is 9.47 Å². The number of carbonyl (C=O) groups excluding carboxylic acids is 1. The van der Waals surface area contributed by atoms with Gasteiger partial charge in [0.2, 0.25) is 0 Å². The van der Waals surface area contributed by atoms with Crippen LogP contribution in [0, 0.1) is 0 Å². The molecule has 5 nitrogen and oxygen atoms in total. The molecule has 0 heterocycles. The van der Waals surface area contributed by atoms with E-state index in [0.717, 1.165) is 0 Å². The van der Waals surface area contributed by atoms with Gasteiger partial charge in [0.15, 0.2) is 6.16 Å². The fourth-order valence-corrected chi connectivity index (χ4v) is 1.88. The fourth-order valence-electron chi connectivity index (χ4n) is 1.28. The van der Waals surface area contributed by atoms with Gasteiger partial charge >= 0.3 is 13.9 Å². The highest BCUT2D eigenvalue weighted by atomic mass is 31.1. The monoisotopic (exact) mass is 284 g/mol. The summed E-state index contributed by atoms with van der Waals surface area (Å²) in [7, 11) is -1.70. The van der Waals surface area contributed by atoms with Crippen molar-refractivity contribution < 1.29 is 18.8 Å². The fraction of sp³-hybridized carbons (Fsp3) is 0.462. The van der Waals surface area contributed by atoms with Crippen LogP contribution in [-0.2, 0) is 14.1 Å². The Kier molecular flexibility index (Phi) is 6.46. The summed E-state index contributed by atoms with van der Waals surface area (Å²) in [5, 5.41) is 2.63. The second kappa shape index (κ2) is 7.87. The molecule has 1 aromatic rings. The second-order valence-electron chi connectivity index (χ2n) is 4.12. The van der Waals surface area contributed by atoms with Crippen LogP contribution < -0.4 is 9.82 Å². The number of esters is 1. The minimum Gasteiger partial charge on any atom is -0.460 e. The Hall–Kier alpha value is -1.45. The van der Waals surface area contributed by atoms with E-state index < -0.39 is 20.1 Å². The maximum absolute atomic E-state index is 11.9. The van der Waals surface area contributed by atoms with Gasteiger partial charge in [0.25, 0.3) is 6.23 Å². The highest BCUT2D eigenvalue weighted by Gasteiger charge is 2.30. The van der Waals surface area contributed by atoms with Crippen LogP contribution in [0.4, 0.5) is 0 Å². The number of ether oxygens (including phenoxy) is 2. The smallest absolute Gasteiger partial charge is 0.435 e. The molecule has 104 valence electrons. The number of para-hydroxylation sites is 1. The standard InChI is InChI=1S/C13H19NO4P/c1-4-19(16)14-12(13(15)17-10(2)3)18-11-8-6-5-7-9-11/h5-10,12H,4H2,1-3H3,(H,14,16)/q+1/t12-/m0/s1. The van der Waals surface area contributed by atoms with E-state index >= 15 is 0 Å². The molecule has 0 fully saturated rings. The number of rotatable bonds is 7. The quantitative estimate of drug-likeness (QED) is 0.474. The van der Waals surface area contributed by atoms with Gasteiger partial charge in [0.05, 0.1) is 6.10 Å². The summed E-state index contributed by atoms with van der Waals surface area (Å²) < 4.78 is 22.1. The predicted octanol–water partition coefficient (Wildman–Crippen LogP) is 2.70. The molecule has 1 aromatic carbocycles. The Bertz CT molecular complexity index is 422. The molecular formula is C13H19NO4P+. The van der Waals surface area contributed by atoms with Crippen LogP contribution in [-0.4, -0.2) is 24.5 Å². The summed E-state index contributed by atoms with van der Waals surface area (Å²) in [6, 6.07) is 8.86. The van der Waals surface area contributed by atoms with E-state index in [-0.39, 0.29) is 6.10 Å². The lowest BCUT2D eigenvalue weighted by molar-refractivity contribution is -0.156. The summed E-state index contributed by atoms with van der Waals surface area (Å²) in [6.07, 6.45) is -0.900. The molecule has 0 spiro atoms. The van der Waals surface area contributed by atoms with E-state index in [1.54, 1.807) is 45.0 Å². The summed E-state index contributed by atoms with van der Waals surface area (Å²) >= 11 is 0. The average Bonchev–Trinajstić information content (AvgIpc) is 2.38. The Morgan fingerprint density at radius 3 is 2.47 bits per heavy atom. The minimum atomic E-state index is -1.70. The van der Waals surface area contributed by atoms with Crippen LogP contribution in [0.25, 0.3) is 0 Å². The molecule has 0 aromatic heterocycles. The van der Waals surface area contributed by atoms with Crippen molar-refractivity contribution in [3.05, 3.63) is 30.3 Å². The summed E-state index contributed by atoms with van der Waals surface area (Å²) in [4.78, 5) is 11.9. The maximum Gasteiger partial charge on any atom is 0.435 e. The van der Waals surface area contributed by atoms with Gasteiger partial charge in [-0.05, 0) is 32.9 Å². The molecule has 0 saturated carbocycles. The zero-order valence-corrected chi connectivity index (χ0v) is 12.2. The molecule has 0 aliphatic carbocycles. The molecule has 0 aliphatic heterocycles. The maximum atomic E-state index is 11.9. The molecule has 2 atom stereocenters. The topological polar surface area (TPSA) is 64.6 Å². The van der Waals surface area contributed by atoms with Crippen molar-refractivity contribution in [2.24, 2.45) is 0 Å². The zero-order chi connectivity index (χ0) is 14.3. The van der Waals surface area contributed by atoms with Crippen LogP contribution >= 0.6 is 7.95 Å². The number of carbonyl (C=O) groups is 1. The first-order chi connectivity index (χ1) is 9.02. The average molecular weight is 284 g/mol. The normalized spacial score (nSPS) is 12.9. The van der Waals surface area contributed by atoms with Gasteiger partial charge in [-0.25, -0.2) is 4.79 Å². The third-order valence-electron chi connectivity index (χ3n) is 2.11. The molecule has 0 saturated heterocycles. The largest absolute Gasteiger partial charge is 0.460 e. The van der Waals surface area contributed by atoms with Crippen molar-refractivity contribution in [2.45, 2.75) is 33.1 Å². The molecule has 0 radical (unpaired) electrons. The summed E-state index contributed by atoms with van der Waals surface area (Å²) in [5.41, 5.74) is 0. The van der Waals surface area contributed by atoms with Crippen LogP contribution in [0.15, 0.2) is 30.3 Å². The van der Waals surface area contributed by atoms with E-state index in [9.17, 15) is 9.36 Å². The van der Waals surface area contributed by atoms with Crippen molar-refractivity contribution in [3.8, 4) is 5.75 Å². The number of nitrogens with one attached hydrogen (secondary N) is 1. The molecule has 6 heteroatoms. The van der Waals surface area contributed by atoms with Gasteiger partial charge in [-0.1, -0.05) is 27.9 Å². The molecule has 19 heavy (non-hydrogen) atoms. The van der Waals surface area contributed by atoms with Crippen molar-refractivity contribution in [3.63, 3.8) is 0 Å². The highest BCUT2D eigenvalue weighted by Crippen LogP contribution is 2.18. The van der Waals surface area contributed by atoms with Crippen LogP contribution in [0.5, 0.6) is 5.75 Å². The van der Waals surface area contributed by atoms with Crippen molar-refractivity contribution in [1.29, 1.82) is 0 Å². The second-order valence-corrected chi connectivity index (χ2v) is 5.77. The van der Waals surface area contributed by atoms with E-state index in [1.165, 1.54) is 0 Å². The molecule has 1 N–H and O–H groups in total. The van der Waals surface area contributed by atoms with Crippen LogP contribution in [0.1, 0.15) is 20.8 Å². The SMILES string of the molecule is CC[P+](=O)N[C@@H](Oc1ccccc1)C(=O)OC(C)C. The van der Waals surface area contributed by atoms with Gasteiger partial charge in [-0.2, -0.15) is 0 Å². The third kappa shape index (κ3) is 5.81. The molecular weight excluding hydrogens is 265 g/mol. The van der Waals surface area contributed by atoms with E-state index in [2.05, 4.69) is 5.09 Å². The minimum absolute atomic E-state index is 0.254. The van der Waals surface area contributed by atoms with Gasteiger partial charge in [-0.3, -0.25) is 0 Å². The lowest BCUT2D eigenvalue weighted by Crippen LogP contribution is -2.40. The van der Waals surface area contributed by atoms with E-state index in [1.807, 2.05) is 6.07 Å². The Labute approximate surface area is 114 Å². The number of hydrogen-bond acceptors (Lipinski definition) is 4. The van der Waals surface area contributed by atoms with E-state index in [4.69, 9.17) is 9.47 Å². The van der Waals surface area contributed by atoms with Crippen molar-refractivity contribution in [2.75, 3.05) is 6.16 Å². The van der Waals surface area contributed by atoms with E-state index in [0.29, 0.717) is 11.9 Å². The van der Waals surface area contributed by atoms with Gasteiger partial charge in [0, 0.05) is 0 Å². The first kappa shape index (κ1) is 15.6. The van der Waals surface area contributed by atoms with Crippen LogP contribution in [0.2, 0.25) is 0 Å². The lowest BCUT2D eigenvalue weighted by Gasteiger charge is -2.16. The van der Waals surface area contributed by atoms with Gasteiger partial charge in [-0.15, -0.1) is 0 Å². The molecule has 1 unspecified atom stereocenters. The zero-order valence-electron chi connectivity index (χ0n) is 11.3. The Morgan fingerprint density at radius 2 is 1.95 bits per heavy atom. The molecule has 0 amide bonds. The molecule has 0 aliphatic rings. The Morgan fingerprint density at radius 1 is 1.32 bits per heavy atom. The first-order valence-corrected chi connectivity index (χ1v) is 7.60. The number of hydrogen-bond donors (Lipinski definition) is 1. The molecule has 0 bridgehead atoms.